The molecule has 0 saturated heterocycles. The Labute approximate surface area is 120 Å². The second kappa shape index (κ2) is 6.61. The maximum absolute atomic E-state index is 11.8. The molecule has 0 saturated carbocycles. The van der Waals surface area contributed by atoms with Crippen LogP contribution in [0.5, 0.6) is 5.75 Å². The molecule has 1 aromatic carbocycles. The fourth-order valence-electron chi connectivity index (χ4n) is 1.52. The van der Waals surface area contributed by atoms with Gasteiger partial charge in [0.1, 0.15) is 5.75 Å². The average molecular weight is 280 g/mol. The third-order valence-corrected chi connectivity index (χ3v) is 3.15. The van der Waals surface area contributed by atoms with Crippen LogP contribution in [0.1, 0.15) is 26.3 Å². The van der Waals surface area contributed by atoms with Gasteiger partial charge in [0.2, 0.25) is 0 Å². The van der Waals surface area contributed by atoms with Crippen molar-refractivity contribution in [2.45, 2.75) is 33.8 Å². The summed E-state index contributed by atoms with van der Waals surface area (Å²) in [6, 6.07) is 5.12. The predicted molar refractivity (Wildman–Crippen MR) is 80.2 cm³/mol. The van der Waals surface area contributed by atoms with Crippen LogP contribution in [0.4, 0.5) is 10.5 Å². The lowest BCUT2D eigenvalue weighted by Crippen LogP contribution is -2.40. The number of hydrogen-bond donors (Lipinski definition) is 3. The third kappa shape index (κ3) is 4.74. The van der Waals surface area contributed by atoms with Gasteiger partial charge in [-0.25, -0.2) is 4.79 Å². The summed E-state index contributed by atoms with van der Waals surface area (Å²) in [7, 11) is 1.58. The fraction of sp³-hybridized carbons (Fsp3) is 0.533. The molecule has 0 fully saturated rings. The van der Waals surface area contributed by atoms with E-state index in [0.717, 1.165) is 5.56 Å². The van der Waals surface area contributed by atoms with Crippen molar-refractivity contribution < 1.29 is 14.6 Å². The van der Waals surface area contributed by atoms with Crippen molar-refractivity contribution in [2.75, 3.05) is 19.0 Å². The summed E-state index contributed by atoms with van der Waals surface area (Å²) in [6.45, 7) is 7.87. The predicted octanol–water partition coefficient (Wildman–Crippen LogP) is 2.53. The van der Waals surface area contributed by atoms with E-state index in [-0.39, 0.29) is 18.0 Å². The quantitative estimate of drug-likeness (QED) is 0.793. The van der Waals surface area contributed by atoms with Gasteiger partial charge in [-0.15, -0.1) is 0 Å². The van der Waals surface area contributed by atoms with Crippen molar-refractivity contribution in [3.05, 3.63) is 23.8 Å². The van der Waals surface area contributed by atoms with Crippen molar-refractivity contribution in [1.82, 2.24) is 5.32 Å². The highest BCUT2D eigenvalue weighted by Crippen LogP contribution is 2.21. The first-order valence-corrected chi connectivity index (χ1v) is 6.61. The molecule has 5 nitrogen and oxygen atoms in total. The molecule has 3 N–H and O–H groups in total. The number of aliphatic hydroxyl groups is 1. The second-order valence-corrected chi connectivity index (χ2v) is 5.90. The summed E-state index contributed by atoms with van der Waals surface area (Å²) in [6.07, 6.45) is -0.598. The molecule has 2 amide bonds. The summed E-state index contributed by atoms with van der Waals surface area (Å²) in [5.41, 5.74) is 1.36. The Bertz CT molecular complexity index is 467. The van der Waals surface area contributed by atoms with Crippen LogP contribution in [0.15, 0.2) is 18.2 Å². The van der Waals surface area contributed by atoms with Crippen molar-refractivity contribution in [3.8, 4) is 5.75 Å². The first kappa shape index (κ1) is 16.3. The van der Waals surface area contributed by atoms with Crippen LogP contribution >= 0.6 is 0 Å². The van der Waals surface area contributed by atoms with E-state index < -0.39 is 6.10 Å². The van der Waals surface area contributed by atoms with Gasteiger partial charge >= 0.3 is 6.03 Å². The summed E-state index contributed by atoms with van der Waals surface area (Å²) in [5, 5.41) is 15.3. The van der Waals surface area contributed by atoms with E-state index in [1.165, 1.54) is 0 Å². The van der Waals surface area contributed by atoms with Gasteiger partial charge in [-0.05, 0) is 24.0 Å². The number of hydrogen-bond acceptors (Lipinski definition) is 3. The number of aryl methyl sites for hydroxylation is 1. The normalized spacial score (nSPS) is 12.7. The molecular formula is C15H24N2O3. The zero-order chi connectivity index (χ0) is 15.3. The molecule has 0 radical (unpaired) electrons. The van der Waals surface area contributed by atoms with E-state index in [9.17, 15) is 9.90 Å². The van der Waals surface area contributed by atoms with Crippen molar-refractivity contribution in [2.24, 2.45) is 5.41 Å². The first-order chi connectivity index (χ1) is 9.24. The highest BCUT2D eigenvalue weighted by Gasteiger charge is 2.22. The number of methoxy groups -OCH3 is 1. The molecule has 112 valence electrons. The van der Waals surface area contributed by atoms with Crippen LogP contribution in [-0.2, 0) is 0 Å². The Morgan fingerprint density at radius 1 is 1.40 bits per heavy atom. The highest BCUT2D eigenvalue weighted by atomic mass is 16.5. The topological polar surface area (TPSA) is 70.6 Å². The fourth-order valence-corrected chi connectivity index (χ4v) is 1.52. The van der Waals surface area contributed by atoms with E-state index in [4.69, 9.17) is 4.74 Å². The monoisotopic (exact) mass is 280 g/mol. The Balaban J connectivity index is 2.59. The van der Waals surface area contributed by atoms with Gasteiger partial charge in [0.25, 0.3) is 0 Å². The van der Waals surface area contributed by atoms with Crippen molar-refractivity contribution >= 4 is 11.7 Å². The molecule has 1 rings (SSSR count). The minimum atomic E-state index is -0.598. The smallest absolute Gasteiger partial charge is 0.319 e. The summed E-state index contributed by atoms with van der Waals surface area (Å²) in [4.78, 5) is 11.8. The number of ether oxygens (including phenoxy) is 1. The van der Waals surface area contributed by atoms with Crippen LogP contribution in [0.2, 0.25) is 0 Å². The molecule has 1 unspecified atom stereocenters. The Morgan fingerprint density at radius 2 is 2.05 bits per heavy atom. The van der Waals surface area contributed by atoms with Crippen LogP contribution < -0.4 is 15.4 Å². The van der Waals surface area contributed by atoms with Gasteiger partial charge in [-0.3, -0.25) is 0 Å². The SMILES string of the molecule is COc1ccc(C)c(NC(=O)NCC(O)C(C)(C)C)c1. The largest absolute Gasteiger partial charge is 0.497 e. The lowest BCUT2D eigenvalue weighted by Gasteiger charge is -2.26. The van der Waals surface area contributed by atoms with Crippen molar-refractivity contribution in [1.29, 1.82) is 0 Å². The standard InChI is InChI=1S/C15H24N2O3/c1-10-6-7-11(20-5)8-12(10)17-14(19)16-9-13(18)15(2,3)4/h6-8,13,18H,9H2,1-5H3,(H2,16,17,19). The van der Waals surface area contributed by atoms with Crippen LogP contribution in [0.3, 0.4) is 0 Å². The van der Waals surface area contributed by atoms with E-state index in [1.807, 2.05) is 39.8 Å². The lowest BCUT2D eigenvalue weighted by atomic mass is 9.89. The zero-order valence-corrected chi connectivity index (χ0v) is 12.8. The number of aliphatic hydroxyl groups excluding tert-OH is 1. The highest BCUT2D eigenvalue weighted by molar-refractivity contribution is 5.90. The van der Waals surface area contributed by atoms with Gasteiger partial charge < -0.3 is 20.5 Å². The molecule has 0 aromatic heterocycles. The first-order valence-electron chi connectivity index (χ1n) is 6.61. The van der Waals surface area contributed by atoms with Gasteiger partial charge in [-0.1, -0.05) is 26.8 Å². The molecule has 0 spiro atoms. The molecule has 1 atom stereocenters. The Morgan fingerprint density at radius 3 is 2.60 bits per heavy atom. The number of nitrogens with one attached hydrogen (secondary N) is 2. The molecular weight excluding hydrogens is 256 g/mol. The molecule has 0 aliphatic heterocycles. The molecule has 0 aliphatic rings. The zero-order valence-electron chi connectivity index (χ0n) is 12.8. The van der Waals surface area contributed by atoms with Gasteiger partial charge in [0, 0.05) is 18.3 Å². The van der Waals surface area contributed by atoms with Gasteiger partial charge in [-0.2, -0.15) is 0 Å². The molecule has 0 bridgehead atoms. The molecule has 1 aromatic rings. The number of benzene rings is 1. The summed E-state index contributed by atoms with van der Waals surface area (Å²) in [5.74, 6) is 0.681. The Hall–Kier alpha value is -1.75. The average Bonchev–Trinajstić information content (AvgIpc) is 2.37. The van der Waals surface area contributed by atoms with Crippen LogP contribution in [0.25, 0.3) is 0 Å². The van der Waals surface area contributed by atoms with E-state index >= 15 is 0 Å². The van der Waals surface area contributed by atoms with Gasteiger partial charge in [0.05, 0.1) is 13.2 Å². The minimum absolute atomic E-state index is 0.207. The van der Waals surface area contributed by atoms with E-state index in [1.54, 1.807) is 13.2 Å². The van der Waals surface area contributed by atoms with Crippen molar-refractivity contribution in [3.63, 3.8) is 0 Å². The van der Waals surface area contributed by atoms with E-state index in [2.05, 4.69) is 10.6 Å². The maximum atomic E-state index is 11.8. The Kier molecular flexibility index (Phi) is 5.39. The van der Waals surface area contributed by atoms with Crippen LogP contribution in [-0.4, -0.2) is 30.9 Å². The van der Waals surface area contributed by atoms with E-state index in [0.29, 0.717) is 11.4 Å². The number of rotatable bonds is 4. The third-order valence-electron chi connectivity index (χ3n) is 3.15. The van der Waals surface area contributed by atoms with Crippen LogP contribution in [0, 0.1) is 12.3 Å². The maximum Gasteiger partial charge on any atom is 0.319 e. The van der Waals surface area contributed by atoms with Gasteiger partial charge in [0.15, 0.2) is 0 Å². The second-order valence-electron chi connectivity index (χ2n) is 5.90. The molecule has 20 heavy (non-hydrogen) atoms. The number of urea groups is 1. The minimum Gasteiger partial charge on any atom is -0.497 e. The summed E-state index contributed by atoms with van der Waals surface area (Å²) < 4.78 is 5.12. The molecule has 0 heterocycles. The number of anilines is 1. The lowest BCUT2D eigenvalue weighted by molar-refractivity contribution is 0.0654. The molecule has 0 aliphatic carbocycles. The number of carbonyl (C=O) groups is 1. The number of amides is 2. The molecule has 5 heteroatoms. The number of carbonyl (C=O) groups excluding carboxylic acids is 1. The summed E-state index contributed by atoms with van der Waals surface area (Å²) >= 11 is 0.